The van der Waals surface area contributed by atoms with Crippen LogP contribution >= 0.6 is 11.6 Å². The van der Waals surface area contributed by atoms with Gasteiger partial charge in [-0.2, -0.15) is 0 Å². The molecule has 0 unspecified atom stereocenters. The van der Waals surface area contributed by atoms with Gasteiger partial charge in [0.2, 0.25) is 11.8 Å². The second-order valence-electron chi connectivity index (χ2n) is 12.2. The molecule has 1 N–H and O–H groups in total. The van der Waals surface area contributed by atoms with E-state index >= 15 is 0 Å². The van der Waals surface area contributed by atoms with Gasteiger partial charge in [-0.3, -0.25) is 13.9 Å². The van der Waals surface area contributed by atoms with Crippen LogP contribution < -0.4 is 14.4 Å². The highest BCUT2D eigenvalue weighted by molar-refractivity contribution is 7.92. The van der Waals surface area contributed by atoms with Crippen molar-refractivity contribution in [3.05, 3.63) is 125 Å². The number of halogens is 2. The smallest absolute Gasteiger partial charge is 0.264 e. The van der Waals surface area contributed by atoms with Gasteiger partial charge in [0.1, 0.15) is 24.2 Å². The van der Waals surface area contributed by atoms with Crippen molar-refractivity contribution in [2.24, 2.45) is 0 Å². The molecule has 0 aromatic heterocycles. The van der Waals surface area contributed by atoms with Gasteiger partial charge >= 0.3 is 0 Å². The third-order valence-corrected chi connectivity index (χ3v) is 9.34. The van der Waals surface area contributed by atoms with Gasteiger partial charge in [0.05, 0.1) is 17.7 Å². The summed E-state index contributed by atoms with van der Waals surface area (Å²) in [7, 11) is -2.98. The number of ether oxygens (including phenoxy) is 1. The Kier molecular flexibility index (Phi) is 11.3. The lowest BCUT2D eigenvalue weighted by molar-refractivity contribution is -0.140. The summed E-state index contributed by atoms with van der Waals surface area (Å²) in [5.41, 5.74) is 1.61. The number of rotatable bonds is 12. The summed E-state index contributed by atoms with van der Waals surface area (Å²) in [5.74, 6) is -1.38. The average Bonchev–Trinajstić information content (AvgIpc) is 3.02. The molecule has 0 radical (unpaired) electrons. The van der Waals surface area contributed by atoms with Gasteiger partial charge in [0.25, 0.3) is 10.0 Å². The lowest BCUT2D eigenvalue weighted by Crippen LogP contribution is -2.56. The molecule has 0 saturated carbocycles. The summed E-state index contributed by atoms with van der Waals surface area (Å²) < 4.78 is 48.9. The largest absolute Gasteiger partial charge is 0.495 e. The summed E-state index contributed by atoms with van der Waals surface area (Å²) in [6, 6.07) is 24.5. The Bertz CT molecular complexity index is 1800. The number of aryl methyl sites for hydroxylation is 1. The molecule has 0 fully saturated rings. The Balaban J connectivity index is 1.86. The summed E-state index contributed by atoms with van der Waals surface area (Å²) >= 11 is 6.34. The number of benzene rings is 4. The molecule has 47 heavy (non-hydrogen) atoms. The number of hydrogen-bond acceptors (Lipinski definition) is 5. The molecule has 0 spiro atoms. The predicted molar refractivity (Wildman–Crippen MR) is 182 cm³/mol. The van der Waals surface area contributed by atoms with Crippen molar-refractivity contribution in [3.63, 3.8) is 0 Å². The molecule has 2 amide bonds. The Hall–Kier alpha value is -4.41. The second kappa shape index (κ2) is 15.0. The third-order valence-electron chi connectivity index (χ3n) is 7.33. The van der Waals surface area contributed by atoms with Crippen LogP contribution in [0.4, 0.5) is 10.1 Å². The number of methoxy groups -OCH3 is 1. The van der Waals surface area contributed by atoms with Crippen molar-refractivity contribution in [1.82, 2.24) is 10.2 Å². The fraction of sp³-hybridized carbons (Fsp3) is 0.278. The molecule has 0 saturated heterocycles. The Labute approximate surface area is 281 Å². The van der Waals surface area contributed by atoms with E-state index in [9.17, 15) is 22.4 Å². The highest BCUT2D eigenvalue weighted by Crippen LogP contribution is 2.35. The molecule has 0 aliphatic rings. The standard InChI is InChI=1S/C36H39ClFN3O5S/c1-25-11-18-30(19-12-25)47(44,45)41(31-22-28(37)15-20-33(31)46-5)24-34(42)40(23-27-13-16-29(38)17-14-27)32(35(43)39-36(2,3)4)21-26-9-7-6-8-10-26/h6-20,22,32H,21,23-24H2,1-5H3,(H,39,43)/t32-/m0/s1. The predicted octanol–water partition coefficient (Wildman–Crippen LogP) is 6.55. The van der Waals surface area contributed by atoms with E-state index < -0.39 is 45.8 Å². The molecule has 11 heteroatoms. The van der Waals surface area contributed by atoms with E-state index in [-0.39, 0.29) is 34.3 Å². The van der Waals surface area contributed by atoms with Crippen molar-refractivity contribution in [2.75, 3.05) is 18.0 Å². The van der Waals surface area contributed by atoms with Crippen molar-refractivity contribution < 1.29 is 27.1 Å². The lowest BCUT2D eigenvalue weighted by atomic mass is 10.0. The SMILES string of the molecule is COc1ccc(Cl)cc1N(CC(=O)N(Cc1ccc(F)cc1)[C@@H](Cc1ccccc1)C(=O)NC(C)(C)C)S(=O)(=O)c1ccc(C)cc1. The molecule has 4 aromatic carbocycles. The molecule has 248 valence electrons. The van der Waals surface area contributed by atoms with Crippen molar-refractivity contribution in [3.8, 4) is 5.75 Å². The van der Waals surface area contributed by atoms with E-state index in [0.29, 0.717) is 5.56 Å². The van der Waals surface area contributed by atoms with Gasteiger partial charge in [-0.05, 0) is 81.3 Å². The fourth-order valence-corrected chi connectivity index (χ4v) is 6.59. The van der Waals surface area contributed by atoms with Crippen LogP contribution in [-0.4, -0.2) is 50.4 Å². The minimum atomic E-state index is -4.36. The molecule has 0 heterocycles. The van der Waals surface area contributed by atoms with E-state index in [1.165, 1.54) is 60.5 Å². The number of hydrogen-bond donors (Lipinski definition) is 1. The molecular formula is C36H39ClFN3O5S. The molecule has 0 bridgehead atoms. The summed E-state index contributed by atoms with van der Waals surface area (Å²) in [6.45, 7) is 6.54. The Morgan fingerprint density at radius 2 is 1.55 bits per heavy atom. The minimum absolute atomic E-state index is 0.0469. The van der Waals surface area contributed by atoms with Gasteiger partial charge in [-0.25, -0.2) is 12.8 Å². The molecule has 8 nitrogen and oxygen atoms in total. The van der Waals surface area contributed by atoms with Gasteiger partial charge in [0, 0.05) is 23.5 Å². The molecule has 4 rings (SSSR count). The zero-order chi connectivity index (χ0) is 34.4. The van der Waals surface area contributed by atoms with E-state index in [1.54, 1.807) is 18.2 Å². The number of anilines is 1. The van der Waals surface area contributed by atoms with Crippen molar-refractivity contribution in [1.29, 1.82) is 0 Å². The molecule has 1 atom stereocenters. The maximum atomic E-state index is 14.6. The molecular weight excluding hydrogens is 641 g/mol. The number of sulfonamides is 1. The van der Waals surface area contributed by atoms with Gasteiger partial charge in [0.15, 0.2) is 0 Å². The number of amides is 2. The quantitative estimate of drug-likeness (QED) is 0.183. The van der Waals surface area contributed by atoms with E-state index in [4.69, 9.17) is 16.3 Å². The number of carbonyl (C=O) groups excluding carboxylic acids is 2. The van der Waals surface area contributed by atoms with Gasteiger partial charge in [-0.15, -0.1) is 0 Å². The van der Waals surface area contributed by atoms with Crippen LogP contribution in [0.1, 0.15) is 37.5 Å². The maximum absolute atomic E-state index is 14.6. The van der Waals surface area contributed by atoms with Crippen molar-refractivity contribution in [2.45, 2.75) is 57.1 Å². The van der Waals surface area contributed by atoms with E-state index in [2.05, 4.69) is 5.32 Å². The van der Waals surface area contributed by atoms with Crippen LogP contribution in [0.5, 0.6) is 5.75 Å². The number of nitrogens with zero attached hydrogens (tertiary/aromatic N) is 2. The first-order chi connectivity index (χ1) is 22.2. The monoisotopic (exact) mass is 679 g/mol. The topological polar surface area (TPSA) is 96.0 Å². The van der Waals surface area contributed by atoms with Crippen LogP contribution in [0.2, 0.25) is 5.02 Å². The maximum Gasteiger partial charge on any atom is 0.264 e. The first kappa shape index (κ1) is 35.4. The Morgan fingerprint density at radius 1 is 0.915 bits per heavy atom. The molecule has 4 aromatic rings. The van der Waals surface area contributed by atoms with Crippen LogP contribution in [0, 0.1) is 12.7 Å². The molecule has 0 aliphatic carbocycles. The summed E-state index contributed by atoms with van der Waals surface area (Å²) in [4.78, 5) is 29.9. The highest BCUT2D eigenvalue weighted by atomic mass is 35.5. The lowest BCUT2D eigenvalue weighted by Gasteiger charge is -2.35. The summed E-state index contributed by atoms with van der Waals surface area (Å²) in [5, 5.41) is 3.21. The zero-order valence-electron chi connectivity index (χ0n) is 27.0. The summed E-state index contributed by atoms with van der Waals surface area (Å²) in [6.07, 6.45) is 0.140. The molecule has 0 aliphatic heterocycles. The fourth-order valence-electron chi connectivity index (χ4n) is 5.00. The number of carbonyl (C=O) groups is 2. The van der Waals surface area contributed by atoms with Crippen LogP contribution in [0.25, 0.3) is 0 Å². The normalized spacial score (nSPS) is 12.2. The first-order valence-electron chi connectivity index (χ1n) is 15.0. The highest BCUT2D eigenvalue weighted by Gasteiger charge is 2.36. The van der Waals surface area contributed by atoms with Gasteiger partial charge in [-0.1, -0.05) is 71.8 Å². The Morgan fingerprint density at radius 3 is 2.15 bits per heavy atom. The van der Waals surface area contributed by atoms with Gasteiger partial charge < -0.3 is 15.0 Å². The average molecular weight is 680 g/mol. The van der Waals surface area contributed by atoms with Crippen LogP contribution in [-0.2, 0) is 32.6 Å². The number of nitrogens with one attached hydrogen (secondary N) is 1. The van der Waals surface area contributed by atoms with E-state index in [1.807, 2.05) is 58.0 Å². The zero-order valence-corrected chi connectivity index (χ0v) is 28.6. The van der Waals surface area contributed by atoms with E-state index in [0.717, 1.165) is 15.4 Å². The first-order valence-corrected chi connectivity index (χ1v) is 16.8. The van der Waals surface area contributed by atoms with Crippen molar-refractivity contribution >= 4 is 39.1 Å². The van der Waals surface area contributed by atoms with Crippen LogP contribution in [0.15, 0.2) is 102 Å². The minimum Gasteiger partial charge on any atom is -0.495 e. The third kappa shape index (κ3) is 9.33. The van der Waals surface area contributed by atoms with Crippen LogP contribution in [0.3, 0.4) is 0 Å². The second-order valence-corrected chi connectivity index (χ2v) is 14.5.